The van der Waals surface area contributed by atoms with E-state index in [9.17, 15) is 4.79 Å². The molecule has 0 amide bonds. The van der Waals surface area contributed by atoms with Gasteiger partial charge in [-0.15, -0.1) is 0 Å². The average Bonchev–Trinajstić information content (AvgIpc) is 2.16. The van der Waals surface area contributed by atoms with Crippen LogP contribution in [0.2, 0.25) is 5.02 Å². The highest BCUT2D eigenvalue weighted by molar-refractivity contribution is 6.31. The highest BCUT2D eigenvalue weighted by Gasteiger charge is 2.06. The number of hydrogen-bond acceptors (Lipinski definition) is 2. The molecule has 0 aliphatic rings. The Morgan fingerprint density at radius 3 is 2.73 bits per heavy atom. The fourth-order valence-electron chi connectivity index (χ4n) is 1.42. The predicted octanol–water partition coefficient (Wildman–Crippen LogP) is 3.26. The maximum atomic E-state index is 11.7. The van der Waals surface area contributed by atoms with Crippen molar-refractivity contribution in [3.63, 3.8) is 0 Å². The molecule has 0 aliphatic carbocycles. The third kappa shape index (κ3) is 4.02. The second-order valence-electron chi connectivity index (χ2n) is 3.54. The normalized spacial score (nSPS) is 10.3. The summed E-state index contributed by atoms with van der Waals surface area (Å²) in [4.78, 5) is 11.7. The van der Waals surface area contributed by atoms with E-state index in [0.29, 0.717) is 23.6 Å². The van der Waals surface area contributed by atoms with Gasteiger partial charge in [-0.3, -0.25) is 4.79 Å². The molecular formula is C12H15ClO2. The van der Waals surface area contributed by atoms with E-state index in [1.54, 1.807) is 13.2 Å². The number of carbonyl (C=O) groups excluding carboxylic acids is 1. The van der Waals surface area contributed by atoms with Crippen molar-refractivity contribution in [1.29, 1.82) is 0 Å². The van der Waals surface area contributed by atoms with Gasteiger partial charge in [-0.05, 0) is 37.1 Å². The molecule has 0 fully saturated rings. The first-order valence-electron chi connectivity index (χ1n) is 4.93. The molecule has 1 rings (SSSR count). The van der Waals surface area contributed by atoms with E-state index in [1.165, 1.54) is 0 Å². The lowest BCUT2D eigenvalue weighted by atomic mass is 10.0. The number of carbonyl (C=O) groups is 1. The Morgan fingerprint density at radius 2 is 2.13 bits per heavy atom. The standard InChI is InChI=1S/C12H15ClO2/c1-9-6-10(8-11(13)7-9)12(14)4-3-5-15-2/h6-8H,3-5H2,1-2H3. The number of benzene rings is 1. The van der Waals surface area contributed by atoms with Crippen molar-refractivity contribution in [3.05, 3.63) is 34.3 Å². The number of halogens is 1. The third-order valence-corrected chi connectivity index (χ3v) is 2.33. The largest absolute Gasteiger partial charge is 0.385 e. The van der Waals surface area contributed by atoms with Gasteiger partial charge in [0.25, 0.3) is 0 Å². The molecule has 15 heavy (non-hydrogen) atoms. The van der Waals surface area contributed by atoms with Gasteiger partial charge < -0.3 is 4.74 Å². The van der Waals surface area contributed by atoms with Crippen LogP contribution in [0.4, 0.5) is 0 Å². The van der Waals surface area contributed by atoms with Gasteiger partial charge in [-0.25, -0.2) is 0 Å². The Morgan fingerprint density at radius 1 is 1.40 bits per heavy atom. The molecule has 0 unspecified atom stereocenters. The molecule has 1 aromatic rings. The predicted molar refractivity (Wildman–Crippen MR) is 61.6 cm³/mol. The summed E-state index contributed by atoms with van der Waals surface area (Å²) in [6, 6.07) is 5.41. The van der Waals surface area contributed by atoms with Gasteiger partial charge in [-0.1, -0.05) is 11.6 Å². The van der Waals surface area contributed by atoms with Crippen molar-refractivity contribution in [2.45, 2.75) is 19.8 Å². The summed E-state index contributed by atoms with van der Waals surface area (Å²) >= 11 is 5.88. The zero-order chi connectivity index (χ0) is 11.3. The lowest BCUT2D eigenvalue weighted by Gasteiger charge is -2.03. The van der Waals surface area contributed by atoms with Crippen LogP contribution >= 0.6 is 11.6 Å². The Balaban J connectivity index is 2.65. The first kappa shape index (κ1) is 12.2. The van der Waals surface area contributed by atoms with Crippen LogP contribution in [0.3, 0.4) is 0 Å². The quantitative estimate of drug-likeness (QED) is 0.569. The van der Waals surface area contributed by atoms with Gasteiger partial charge >= 0.3 is 0 Å². The fourth-order valence-corrected chi connectivity index (χ4v) is 1.71. The van der Waals surface area contributed by atoms with Crippen LogP contribution in [-0.2, 0) is 4.74 Å². The molecule has 0 spiro atoms. The van der Waals surface area contributed by atoms with Crippen LogP contribution in [0.15, 0.2) is 18.2 Å². The fraction of sp³-hybridized carbons (Fsp3) is 0.417. The molecule has 0 N–H and O–H groups in total. The zero-order valence-corrected chi connectivity index (χ0v) is 9.80. The third-order valence-electron chi connectivity index (χ3n) is 2.12. The molecule has 0 heterocycles. The van der Waals surface area contributed by atoms with Gasteiger partial charge in [-0.2, -0.15) is 0 Å². The van der Waals surface area contributed by atoms with E-state index in [0.717, 1.165) is 12.0 Å². The zero-order valence-electron chi connectivity index (χ0n) is 9.05. The van der Waals surface area contributed by atoms with Crippen LogP contribution in [0, 0.1) is 6.92 Å². The summed E-state index contributed by atoms with van der Waals surface area (Å²) in [5.74, 6) is 0.123. The first-order chi connectivity index (χ1) is 7.13. The van der Waals surface area contributed by atoms with Crippen LogP contribution in [-0.4, -0.2) is 19.5 Å². The molecular weight excluding hydrogens is 212 g/mol. The number of methoxy groups -OCH3 is 1. The Kier molecular flexibility index (Phi) is 4.79. The lowest BCUT2D eigenvalue weighted by molar-refractivity contribution is 0.0963. The summed E-state index contributed by atoms with van der Waals surface area (Å²) in [5, 5.41) is 0.616. The molecule has 0 atom stereocenters. The summed E-state index contributed by atoms with van der Waals surface area (Å²) in [6.07, 6.45) is 1.26. The summed E-state index contributed by atoms with van der Waals surface area (Å²) in [6.45, 7) is 2.54. The van der Waals surface area contributed by atoms with Crippen molar-refractivity contribution in [2.75, 3.05) is 13.7 Å². The highest BCUT2D eigenvalue weighted by Crippen LogP contribution is 2.16. The van der Waals surface area contributed by atoms with Crippen molar-refractivity contribution >= 4 is 17.4 Å². The van der Waals surface area contributed by atoms with Crippen LogP contribution in [0.1, 0.15) is 28.8 Å². The van der Waals surface area contributed by atoms with Gasteiger partial charge in [0.1, 0.15) is 0 Å². The first-order valence-corrected chi connectivity index (χ1v) is 5.30. The summed E-state index contributed by atoms with van der Waals surface area (Å²) in [5.41, 5.74) is 1.70. The summed E-state index contributed by atoms with van der Waals surface area (Å²) in [7, 11) is 1.63. The van der Waals surface area contributed by atoms with Crippen LogP contribution in [0.25, 0.3) is 0 Å². The minimum Gasteiger partial charge on any atom is -0.385 e. The SMILES string of the molecule is COCCCC(=O)c1cc(C)cc(Cl)c1. The molecule has 3 heteroatoms. The number of aryl methyl sites for hydroxylation is 1. The molecule has 0 aromatic heterocycles. The van der Waals surface area contributed by atoms with E-state index in [2.05, 4.69) is 0 Å². The maximum absolute atomic E-state index is 11.7. The van der Waals surface area contributed by atoms with Gasteiger partial charge in [0, 0.05) is 30.7 Å². The van der Waals surface area contributed by atoms with E-state index in [1.807, 2.05) is 19.1 Å². The van der Waals surface area contributed by atoms with Crippen LogP contribution < -0.4 is 0 Å². The Bertz CT molecular complexity index is 327. The topological polar surface area (TPSA) is 26.3 Å². The molecule has 0 radical (unpaired) electrons. The van der Waals surface area contributed by atoms with Gasteiger partial charge in [0.05, 0.1) is 0 Å². The maximum Gasteiger partial charge on any atom is 0.163 e. The molecule has 82 valence electrons. The van der Waals surface area contributed by atoms with E-state index in [4.69, 9.17) is 16.3 Å². The Hall–Kier alpha value is -0.860. The molecule has 0 aliphatic heterocycles. The van der Waals surface area contributed by atoms with Crippen molar-refractivity contribution < 1.29 is 9.53 Å². The lowest BCUT2D eigenvalue weighted by Crippen LogP contribution is -2.01. The molecule has 0 saturated carbocycles. The average molecular weight is 227 g/mol. The number of ether oxygens (including phenoxy) is 1. The monoisotopic (exact) mass is 226 g/mol. The Labute approximate surface area is 95.2 Å². The van der Waals surface area contributed by atoms with E-state index in [-0.39, 0.29) is 5.78 Å². The number of Topliss-reactive ketones (excluding diaryl/α,β-unsaturated/α-hetero) is 1. The van der Waals surface area contributed by atoms with Crippen molar-refractivity contribution in [2.24, 2.45) is 0 Å². The molecule has 2 nitrogen and oxygen atoms in total. The second kappa shape index (κ2) is 5.89. The number of ketones is 1. The number of rotatable bonds is 5. The van der Waals surface area contributed by atoms with Crippen molar-refractivity contribution in [3.8, 4) is 0 Å². The van der Waals surface area contributed by atoms with E-state index < -0.39 is 0 Å². The van der Waals surface area contributed by atoms with Crippen molar-refractivity contribution in [1.82, 2.24) is 0 Å². The van der Waals surface area contributed by atoms with Gasteiger partial charge in [0.2, 0.25) is 0 Å². The van der Waals surface area contributed by atoms with Gasteiger partial charge in [0.15, 0.2) is 5.78 Å². The second-order valence-corrected chi connectivity index (χ2v) is 3.97. The minimum atomic E-state index is 0.123. The molecule has 0 saturated heterocycles. The smallest absolute Gasteiger partial charge is 0.163 e. The molecule has 0 bridgehead atoms. The molecule has 1 aromatic carbocycles. The number of hydrogen-bond donors (Lipinski definition) is 0. The minimum absolute atomic E-state index is 0.123. The van der Waals surface area contributed by atoms with E-state index >= 15 is 0 Å². The highest BCUT2D eigenvalue weighted by atomic mass is 35.5. The van der Waals surface area contributed by atoms with Crippen LogP contribution in [0.5, 0.6) is 0 Å². The summed E-state index contributed by atoms with van der Waals surface area (Å²) < 4.78 is 4.90.